The lowest BCUT2D eigenvalue weighted by molar-refractivity contribution is -0.143. The molecule has 0 aliphatic carbocycles. The first-order chi connectivity index (χ1) is 16.0. The van der Waals surface area contributed by atoms with Gasteiger partial charge in [-0.25, -0.2) is 9.59 Å². The summed E-state index contributed by atoms with van der Waals surface area (Å²) < 4.78 is 5.50. The molecule has 2 aromatic carbocycles. The van der Waals surface area contributed by atoms with Crippen LogP contribution < -0.4 is 5.32 Å². The third-order valence-electron chi connectivity index (χ3n) is 5.95. The van der Waals surface area contributed by atoms with Gasteiger partial charge in [0.05, 0.1) is 6.54 Å². The average molecular weight is 453 g/mol. The molecule has 33 heavy (non-hydrogen) atoms. The summed E-state index contributed by atoms with van der Waals surface area (Å²) >= 11 is 0. The number of carboxylic acids is 1. The van der Waals surface area contributed by atoms with Crippen LogP contribution in [0.3, 0.4) is 0 Å². The van der Waals surface area contributed by atoms with Gasteiger partial charge in [0.25, 0.3) is 0 Å². The van der Waals surface area contributed by atoms with Crippen LogP contribution in [0.2, 0.25) is 0 Å². The zero-order valence-electron chi connectivity index (χ0n) is 19.0. The number of amides is 2. The van der Waals surface area contributed by atoms with Crippen LogP contribution in [0.5, 0.6) is 0 Å². The Hall–Kier alpha value is -3.35. The Morgan fingerprint density at radius 3 is 2.42 bits per heavy atom. The van der Waals surface area contributed by atoms with Gasteiger partial charge in [-0.15, -0.1) is 0 Å². The van der Waals surface area contributed by atoms with Gasteiger partial charge in [-0.05, 0) is 23.1 Å². The Morgan fingerprint density at radius 2 is 1.73 bits per heavy atom. The summed E-state index contributed by atoms with van der Waals surface area (Å²) in [7, 11) is 0. The van der Waals surface area contributed by atoms with Crippen molar-refractivity contribution in [2.24, 2.45) is 0 Å². The zero-order valence-corrected chi connectivity index (χ0v) is 19.0. The number of carbonyl (C=O) groups is 3. The van der Waals surface area contributed by atoms with Crippen molar-refractivity contribution in [2.45, 2.75) is 70.7 Å². The standard InChI is InChI=1S/C26H32N2O5/c1-2-3-4-8-15-22(25(30)31)27-24(29)23-16-20-13-9-10-14-21(20)17-28(23)26(32)33-18-19-11-6-5-7-12-19/h5-7,9-14,22-23H,2-4,8,15-18H2,1H3,(H,27,29)(H,30,31)/t22-,23-/m0/s1. The van der Waals surface area contributed by atoms with Crippen LogP contribution in [0, 0.1) is 0 Å². The van der Waals surface area contributed by atoms with Gasteiger partial charge in [-0.1, -0.05) is 87.2 Å². The highest BCUT2D eigenvalue weighted by Crippen LogP contribution is 2.25. The third kappa shape index (κ3) is 6.81. The molecule has 7 heteroatoms. The van der Waals surface area contributed by atoms with E-state index in [0.717, 1.165) is 42.4 Å². The summed E-state index contributed by atoms with van der Waals surface area (Å²) in [6.07, 6.45) is 3.80. The summed E-state index contributed by atoms with van der Waals surface area (Å²) in [5.41, 5.74) is 2.77. The van der Waals surface area contributed by atoms with Crippen LogP contribution in [0.4, 0.5) is 4.79 Å². The number of ether oxygens (including phenoxy) is 1. The highest BCUT2D eigenvalue weighted by atomic mass is 16.6. The molecule has 0 saturated carbocycles. The number of rotatable bonds is 10. The first kappa shape index (κ1) is 24.3. The van der Waals surface area contributed by atoms with E-state index in [2.05, 4.69) is 12.2 Å². The summed E-state index contributed by atoms with van der Waals surface area (Å²) in [4.78, 5) is 39.3. The molecule has 0 unspecified atom stereocenters. The second-order valence-corrected chi connectivity index (χ2v) is 8.41. The Morgan fingerprint density at radius 1 is 1.03 bits per heavy atom. The fourth-order valence-corrected chi connectivity index (χ4v) is 4.05. The van der Waals surface area contributed by atoms with Gasteiger partial charge in [-0.3, -0.25) is 9.69 Å². The van der Waals surface area contributed by atoms with E-state index in [9.17, 15) is 19.5 Å². The van der Waals surface area contributed by atoms with Crippen LogP contribution in [0.25, 0.3) is 0 Å². The first-order valence-electron chi connectivity index (χ1n) is 11.6. The van der Waals surface area contributed by atoms with Crippen molar-refractivity contribution in [1.82, 2.24) is 10.2 Å². The lowest BCUT2D eigenvalue weighted by Gasteiger charge is -2.35. The van der Waals surface area contributed by atoms with Gasteiger partial charge in [0.2, 0.25) is 5.91 Å². The topological polar surface area (TPSA) is 95.9 Å². The number of unbranched alkanes of at least 4 members (excludes halogenated alkanes) is 3. The second kappa shape index (κ2) is 12.0. The maximum absolute atomic E-state index is 13.2. The minimum atomic E-state index is -1.06. The average Bonchev–Trinajstić information content (AvgIpc) is 2.84. The third-order valence-corrected chi connectivity index (χ3v) is 5.95. The lowest BCUT2D eigenvalue weighted by Crippen LogP contribution is -2.55. The maximum Gasteiger partial charge on any atom is 0.411 e. The number of aliphatic carboxylic acids is 1. The molecular weight excluding hydrogens is 420 g/mol. The van der Waals surface area contributed by atoms with Crippen molar-refractivity contribution in [3.63, 3.8) is 0 Å². The Kier molecular flexibility index (Phi) is 8.87. The molecule has 2 N–H and O–H groups in total. The summed E-state index contributed by atoms with van der Waals surface area (Å²) in [5, 5.41) is 12.3. The van der Waals surface area contributed by atoms with Crippen LogP contribution in [0.1, 0.15) is 55.7 Å². The molecule has 2 aromatic rings. The van der Waals surface area contributed by atoms with E-state index >= 15 is 0 Å². The van der Waals surface area contributed by atoms with Crippen molar-refractivity contribution in [1.29, 1.82) is 0 Å². The number of nitrogens with zero attached hydrogens (tertiary/aromatic N) is 1. The van der Waals surface area contributed by atoms with Crippen LogP contribution in [0.15, 0.2) is 54.6 Å². The smallest absolute Gasteiger partial charge is 0.411 e. The van der Waals surface area contributed by atoms with Gasteiger partial charge in [0.1, 0.15) is 18.7 Å². The number of hydrogen-bond acceptors (Lipinski definition) is 4. The quantitative estimate of drug-likeness (QED) is 0.524. The molecule has 3 rings (SSSR count). The molecule has 7 nitrogen and oxygen atoms in total. The van der Waals surface area contributed by atoms with Crippen molar-refractivity contribution in [3.05, 3.63) is 71.3 Å². The van der Waals surface area contributed by atoms with E-state index in [-0.39, 0.29) is 13.2 Å². The minimum absolute atomic E-state index is 0.0986. The molecule has 1 heterocycles. The number of carbonyl (C=O) groups excluding carboxylic acids is 2. The zero-order chi connectivity index (χ0) is 23.6. The van der Waals surface area contributed by atoms with Gasteiger partial charge in [-0.2, -0.15) is 0 Å². The van der Waals surface area contributed by atoms with E-state index in [1.54, 1.807) is 0 Å². The second-order valence-electron chi connectivity index (χ2n) is 8.41. The van der Waals surface area contributed by atoms with Crippen LogP contribution in [-0.4, -0.2) is 40.1 Å². The molecule has 2 atom stereocenters. The molecule has 176 valence electrons. The molecule has 0 bridgehead atoms. The Labute approximate surface area is 194 Å². The first-order valence-corrected chi connectivity index (χ1v) is 11.6. The highest BCUT2D eigenvalue weighted by molar-refractivity contribution is 5.89. The van der Waals surface area contributed by atoms with Crippen LogP contribution >= 0.6 is 0 Å². The molecule has 2 amide bonds. The molecule has 1 aliphatic heterocycles. The number of nitrogens with one attached hydrogen (secondary N) is 1. The number of hydrogen-bond donors (Lipinski definition) is 2. The minimum Gasteiger partial charge on any atom is -0.480 e. The maximum atomic E-state index is 13.2. The van der Waals surface area contributed by atoms with E-state index in [4.69, 9.17) is 4.74 Å². The summed E-state index contributed by atoms with van der Waals surface area (Å²) in [5.74, 6) is -1.53. The molecule has 0 fully saturated rings. The molecule has 1 aliphatic rings. The normalized spacial score (nSPS) is 15.9. The van der Waals surface area contributed by atoms with Crippen LogP contribution in [-0.2, 0) is 33.9 Å². The molecule has 0 spiro atoms. The largest absolute Gasteiger partial charge is 0.480 e. The molecule has 0 aromatic heterocycles. The van der Waals surface area contributed by atoms with E-state index in [0.29, 0.717) is 12.8 Å². The molecule has 0 radical (unpaired) electrons. The Bertz CT molecular complexity index is 947. The predicted octanol–water partition coefficient (Wildman–Crippen LogP) is 4.29. The number of fused-ring (bicyclic) bond motifs is 1. The van der Waals surface area contributed by atoms with Crippen molar-refractivity contribution in [2.75, 3.05) is 0 Å². The van der Waals surface area contributed by atoms with Gasteiger partial charge >= 0.3 is 12.1 Å². The van der Waals surface area contributed by atoms with Gasteiger partial charge in [0, 0.05) is 6.42 Å². The molecule has 0 saturated heterocycles. The van der Waals surface area contributed by atoms with E-state index < -0.39 is 30.1 Å². The fourth-order valence-electron chi connectivity index (χ4n) is 4.05. The van der Waals surface area contributed by atoms with Crippen molar-refractivity contribution < 1.29 is 24.2 Å². The van der Waals surface area contributed by atoms with Gasteiger partial charge < -0.3 is 15.2 Å². The van der Waals surface area contributed by atoms with E-state index in [1.807, 2.05) is 54.6 Å². The summed E-state index contributed by atoms with van der Waals surface area (Å²) in [6.45, 7) is 2.42. The SMILES string of the molecule is CCCCCC[C@H](NC(=O)[C@@H]1Cc2ccccc2CN1C(=O)OCc1ccccc1)C(=O)O. The number of benzene rings is 2. The summed E-state index contributed by atoms with van der Waals surface area (Å²) in [6, 6.07) is 15.2. The van der Waals surface area contributed by atoms with E-state index in [1.165, 1.54) is 4.90 Å². The lowest BCUT2D eigenvalue weighted by atomic mass is 9.93. The van der Waals surface area contributed by atoms with Gasteiger partial charge in [0.15, 0.2) is 0 Å². The van der Waals surface area contributed by atoms with Crippen molar-refractivity contribution >= 4 is 18.0 Å². The van der Waals surface area contributed by atoms with Crippen molar-refractivity contribution in [3.8, 4) is 0 Å². The predicted molar refractivity (Wildman–Crippen MR) is 124 cm³/mol. The molecular formula is C26H32N2O5. The number of carboxylic acid groups (broad SMARTS) is 1. The fraction of sp³-hybridized carbons (Fsp3) is 0.423. The highest BCUT2D eigenvalue weighted by Gasteiger charge is 2.37. The Balaban J connectivity index is 1.71. The monoisotopic (exact) mass is 452 g/mol.